The first kappa shape index (κ1) is 20.6. The lowest BCUT2D eigenvalue weighted by Crippen LogP contribution is -2.32. The Morgan fingerprint density at radius 3 is 2.59 bits per heavy atom. The second kappa shape index (κ2) is 9.81. The molecule has 0 aliphatic carbocycles. The van der Waals surface area contributed by atoms with Crippen molar-refractivity contribution in [1.82, 2.24) is 5.32 Å². The topological polar surface area (TPSA) is 88.4 Å². The summed E-state index contributed by atoms with van der Waals surface area (Å²) in [6, 6.07) is 13.1. The molecule has 27 heavy (non-hydrogen) atoms. The number of rotatable bonds is 7. The van der Waals surface area contributed by atoms with Crippen molar-refractivity contribution < 1.29 is 19.1 Å². The molecule has 0 radical (unpaired) electrons. The molecule has 0 heterocycles. The van der Waals surface area contributed by atoms with E-state index in [-0.39, 0.29) is 11.8 Å². The monoisotopic (exact) mass is 406 g/mol. The molecule has 2 rings (SSSR count). The molecule has 140 valence electrons. The van der Waals surface area contributed by atoms with Crippen LogP contribution >= 0.6 is 23.2 Å². The highest BCUT2D eigenvalue weighted by Gasteiger charge is 2.14. The van der Waals surface area contributed by atoms with Crippen molar-refractivity contribution in [3.63, 3.8) is 0 Å². The molecular weight excluding hydrogens is 391 g/mol. The van der Waals surface area contributed by atoms with Crippen molar-refractivity contribution in [2.75, 3.05) is 13.2 Å². The third kappa shape index (κ3) is 6.17. The third-order valence-corrected chi connectivity index (χ3v) is 4.28. The molecule has 8 heteroatoms. The Hall–Kier alpha value is -2.75. The molecule has 2 aromatic carbocycles. The molecule has 1 N–H and O–H groups in total. The van der Waals surface area contributed by atoms with Crippen LogP contribution in [-0.4, -0.2) is 25.1 Å². The molecule has 2 aromatic rings. The SMILES string of the molecule is C[C@@H](NC(=O)COC(=O)COc1ccccc1C#N)c1ccc(Cl)c(Cl)c1. The Balaban J connectivity index is 1.78. The molecule has 0 saturated heterocycles. The summed E-state index contributed by atoms with van der Waals surface area (Å²) in [5.74, 6) is -0.922. The molecule has 1 atom stereocenters. The molecule has 6 nitrogen and oxygen atoms in total. The fourth-order valence-corrected chi connectivity index (χ4v) is 2.46. The number of ether oxygens (including phenoxy) is 2. The first-order valence-electron chi connectivity index (χ1n) is 7.92. The number of nitriles is 1. The predicted molar refractivity (Wildman–Crippen MR) is 101 cm³/mol. The lowest BCUT2D eigenvalue weighted by Gasteiger charge is -2.15. The lowest BCUT2D eigenvalue weighted by molar-refractivity contribution is -0.150. The van der Waals surface area contributed by atoms with Gasteiger partial charge in [-0.15, -0.1) is 0 Å². The maximum Gasteiger partial charge on any atom is 0.344 e. The second-order valence-electron chi connectivity index (χ2n) is 5.52. The molecule has 1 amide bonds. The number of carbonyl (C=O) groups is 2. The Morgan fingerprint density at radius 2 is 1.89 bits per heavy atom. The highest BCUT2D eigenvalue weighted by Crippen LogP contribution is 2.25. The van der Waals surface area contributed by atoms with Gasteiger partial charge in [0.1, 0.15) is 11.8 Å². The summed E-state index contributed by atoms with van der Waals surface area (Å²) < 4.78 is 10.1. The molecule has 0 aliphatic heterocycles. The van der Waals surface area contributed by atoms with Crippen molar-refractivity contribution in [2.24, 2.45) is 0 Å². The molecule has 0 saturated carbocycles. The van der Waals surface area contributed by atoms with Crippen LogP contribution in [0.15, 0.2) is 42.5 Å². The zero-order valence-electron chi connectivity index (χ0n) is 14.4. The van der Waals surface area contributed by atoms with Gasteiger partial charge in [0, 0.05) is 0 Å². The van der Waals surface area contributed by atoms with Crippen molar-refractivity contribution in [1.29, 1.82) is 5.26 Å². The Labute approximate surface area is 166 Å². The summed E-state index contributed by atoms with van der Waals surface area (Å²) in [5.41, 5.74) is 1.07. The minimum absolute atomic E-state index is 0.273. The van der Waals surface area contributed by atoms with Crippen molar-refractivity contribution in [3.8, 4) is 11.8 Å². The first-order valence-corrected chi connectivity index (χ1v) is 8.68. The maximum atomic E-state index is 11.9. The summed E-state index contributed by atoms with van der Waals surface area (Å²) in [6.45, 7) is 0.906. The molecule has 0 unspecified atom stereocenters. The summed E-state index contributed by atoms with van der Waals surface area (Å²) >= 11 is 11.8. The molecular formula is C19H16Cl2N2O4. The lowest BCUT2D eigenvalue weighted by atomic mass is 10.1. The normalized spacial score (nSPS) is 11.2. The highest BCUT2D eigenvalue weighted by atomic mass is 35.5. The van der Waals surface area contributed by atoms with Gasteiger partial charge in [-0.25, -0.2) is 4.79 Å². The second-order valence-corrected chi connectivity index (χ2v) is 6.33. The Bertz CT molecular complexity index is 880. The number of hydrogen-bond donors (Lipinski definition) is 1. The minimum atomic E-state index is -0.722. The first-order chi connectivity index (χ1) is 12.9. The van der Waals surface area contributed by atoms with Crippen LogP contribution in [0.25, 0.3) is 0 Å². The number of carbonyl (C=O) groups excluding carboxylic acids is 2. The number of para-hydroxylation sites is 1. The van der Waals surface area contributed by atoms with Gasteiger partial charge in [-0.1, -0.05) is 41.4 Å². The van der Waals surface area contributed by atoms with E-state index in [9.17, 15) is 9.59 Å². The van der Waals surface area contributed by atoms with E-state index in [1.165, 1.54) is 0 Å². The molecule has 0 spiro atoms. The largest absolute Gasteiger partial charge is 0.481 e. The van der Waals surface area contributed by atoms with E-state index < -0.39 is 25.1 Å². The van der Waals surface area contributed by atoms with E-state index in [2.05, 4.69) is 5.32 Å². The van der Waals surface area contributed by atoms with Gasteiger partial charge in [0.2, 0.25) is 0 Å². The van der Waals surface area contributed by atoms with Gasteiger partial charge in [0.05, 0.1) is 21.7 Å². The predicted octanol–water partition coefficient (Wildman–Crippen LogP) is 3.66. The number of halogens is 2. The van der Waals surface area contributed by atoms with Crippen molar-refractivity contribution in [3.05, 3.63) is 63.6 Å². The Morgan fingerprint density at radius 1 is 1.15 bits per heavy atom. The fourth-order valence-electron chi connectivity index (χ4n) is 2.16. The summed E-state index contributed by atoms with van der Waals surface area (Å²) in [5, 5.41) is 12.5. The number of amides is 1. The van der Waals surface area contributed by atoms with Gasteiger partial charge in [-0.2, -0.15) is 5.26 Å². The quantitative estimate of drug-likeness (QED) is 0.708. The van der Waals surface area contributed by atoms with Crippen LogP contribution in [0.5, 0.6) is 5.75 Å². The Kier molecular flexibility index (Phi) is 7.47. The molecule has 0 aliphatic rings. The van der Waals surface area contributed by atoms with E-state index in [1.54, 1.807) is 49.4 Å². The smallest absolute Gasteiger partial charge is 0.344 e. The highest BCUT2D eigenvalue weighted by molar-refractivity contribution is 6.42. The van der Waals surface area contributed by atoms with Crippen molar-refractivity contribution in [2.45, 2.75) is 13.0 Å². The van der Waals surface area contributed by atoms with Gasteiger partial charge in [-0.05, 0) is 36.8 Å². The minimum Gasteiger partial charge on any atom is -0.481 e. The van der Waals surface area contributed by atoms with Crippen LogP contribution in [0.4, 0.5) is 0 Å². The number of hydrogen-bond acceptors (Lipinski definition) is 5. The molecule has 0 aromatic heterocycles. The summed E-state index contributed by atoms with van der Waals surface area (Å²) in [7, 11) is 0. The van der Waals surface area contributed by atoms with Crippen LogP contribution in [0, 0.1) is 11.3 Å². The maximum absolute atomic E-state index is 11.9. The van der Waals surface area contributed by atoms with E-state index >= 15 is 0 Å². The van der Waals surface area contributed by atoms with Gasteiger partial charge < -0.3 is 14.8 Å². The van der Waals surface area contributed by atoms with Gasteiger partial charge in [0.25, 0.3) is 5.91 Å². The third-order valence-electron chi connectivity index (χ3n) is 3.54. The van der Waals surface area contributed by atoms with Crippen LogP contribution in [0.1, 0.15) is 24.1 Å². The van der Waals surface area contributed by atoms with Crippen molar-refractivity contribution >= 4 is 35.1 Å². The molecule has 0 bridgehead atoms. The van der Waals surface area contributed by atoms with E-state index in [0.29, 0.717) is 15.6 Å². The van der Waals surface area contributed by atoms with Crippen LogP contribution in [-0.2, 0) is 14.3 Å². The fraction of sp³-hybridized carbons (Fsp3) is 0.211. The van der Waals surface area contributed by atoms with Gasteiger partial charge >= 0.3 is 5.97 Å². The zero-order valence-corrected chi connectivity index (χ0v) is 15.9. The average molecular weight is 407 g/mol. The number of nitrogens with zero attached hydrogens (tertiary/aromatic N) is 1. The van der Waals surface area contributed by atoms with E-state index in [0.717, 1.165) is 5.56 Å². The number of esters is 1. The van der Waals surface area contributed by atoms with Gasteiger partial charge in [0.15, 0.2) is 13.2 Å². The zero-order chi connectivity index (χ0) is 19.8. The number of benzene rings is 2. The standard InChI is InChI=1S/C19H16Cl2N2O4/c1-12(13-6-7-15(20)16(21)8-13)23-18(24)10-27-19(25)11-26-17-5-3-2-4-14(17)9-22/h2-8,12H,10-11H2,1H3,(H,23,24)/t12-/m1/s1. The van der Waals surface area contributed by atoms with Crippen LogP contribution < -0.4 is 10.1 Å². The summed E-state index contributed by atoms with van der Waals surface area (Å²) in [4.78, 5) is 23.6. The van der Waals surface area contributed by atoms with Crippen LogP contribution in [0.2, 0.25) is 10.0 Å². The summed E-state index contributed by atoms with van der Waals surface area (Å²) in [6.07, 6.45) is 0. The number of nitrogens with one attached hydrogen (secondary N) is 1. The van der Waals surface area contributed by atoms with Gasteiger partial charge in [-0.3, -0.25) is 4.79 Å². The van der Waals surface area contributed by atoms with Crippen LogP contribution in [0.3, 0.4) is 0 Å². The van der Waals surface area contributed by atoms with E-state index in [4.69, 9.17) is 37.9 Å². The van der Waals surface area contributed by atoms with E-state index in [1.807, 2.05) is 6.07 Å². The average Bonchev–Trinajstić information content (AvgIpc) is 2.66. The molecule has 0 fully saturated rings.